The highest BCUT2D eigenvalue weighted by Gasteiger charge is 2.09. The number of H-pyrrole nitrogens is 1. The molecule has 0 fully saturated rings. The second kappa shape index (κ2) is 7.24. The maximum atomic E-state index is 12.6. The SMILES string of the molecule is O=C(Cc1cccc2ccccc12)Nc1ccc(-c2nc3ccccc3[nH]2)cc1. The van der Waals surface area contributed by atoms with Crippen LogP contribution in [0, 0.1) is 0 Å². The predicted molar refractivity (Wildman–Crippen MR) is 118 cm³/mol. The monoisotopic (exact) mass is 377 g/mol. The number of carbonyl (C=O) groups excluding carboxylic acids is 1. The van der Waals surface area contributed by atoms with Crippen LogP contribution in [0.1, 0.15) is 5.56 Å². The minimum absolute atomic E-state index is 0.0298. The molecule has 29 heavy (non-hydrogen) atoms. The van der Waals surface area contributed by atoms with Gasteiger partial charge in [-0.05, 0) is 52.7 Å². The summed E-state index contributed by atoms with van der Waals surface area (Å²) in [6.45, 7) is 0. The van der Waals surface area contributed by atoms with E-state index in [4.69, 9.17) is 0 Å². The van der Waals surface area contributed by atoms with Crippen LogP contribution in [-0.4, -0.2) is 15.9 Å². The van der Waals surface area contributed by atoms with Crippen molar-refractivity contribution in [1.82, 2.24) is 9.97 Å². The smallest absolute Gasteiger partial charge is 0.228 e. The lowest BCUT2D eigenvalue weighted by atomic mass is 10.0. The molecule has 0 spiro atoms. The number of nitrogens with zero attached hydrogens (tertiary/aromatic N) is 1. The molecule has 1 amide bonds. The van der Waals surface area contributed by atoms with E-state index in [1.165, 1.54) is 0 Å². The van der Waals surface area contributed by atoms with Crippen LogP contribution in [0.15, 0.2) is 91.0 Å². The van der Waals surface area contributed by atoms with E-state index in [0.29, 0.717) is 6.42 Å². The molecule has 0 aliphatic rings. The fourth-order valence-corrected chi connectivity index (χ4v) is 3.63. The molecule has 0 aliphatic heterocycles. The molecule has 0 saturated heterocycles. The summed E-state index contributed by atoms with van der Waals surface area (Å²) in [6, 6.07) is 29.9. The number of hydrogen-bond acceptors (Lipinski definition) is 2. The van der Waals surface area contributed by atoms with Crippen molar-refractivity contribution in [3.63, 3.8) is 0 Å². The number of benzene rings is 4. The number of aromatic amines is 1. The van der Waals surface area contributed by atoms with Crippen LogP contribution in [0.5, 0.6) is 0 Å². The third kappa shape index (κ3) is 3.48. The highest BCUT2D eigenvalue weighted by atomic mass is 16.1. The fourth-order valence-electron chi connectivity index (χ4n) is 3.63. The maximum Gasteiger partial charge on any atom is 0.228 e. The van der Waals surface area contributed by atoms with Crippen molar-refractivity contribution in [1.29, 1.82) is 0 Å². The molecule has 140 valence electrons. The van der Waals surface area contributed by atoms with Crippen LogP contribution in [0.4, 0.5) is 5.69 Å². The first-order chi connectivity index (χ1) is 14.3. The number of imidazole rings is 1. The largest absolute Gasteiger partial charge is 0.338 e. The van der Waals surface area contributed by atoms with Gasteiger partial charge in [-0.3, -0.25) is 4.79 Å². The zero-order chi connectivity index (χ0) is 19.6. The molecule has 0 saturated carbocycles. The third-order valence-corrected chi connectivity index (χ3v) is 5.06. The van der Waals surface area contributed by atoms with Crippen LogP contribution in [-0.2, 0) is 11.2 Å². The first-order valence-electron chi connectivity index (χ1n) is 9.58. The van der Waals surface area contributed by atoms with Crippen LogP contribution < -0.4 is 5.32 Å². The zero-order valence-electron chi connectivity index (χ0n) is 15.7. The molecule has 4 heteroatoms. The Kier molecular flexibility index (Phi) is 4.30. The number of rotatable bonds is 4. The summed E-state index contributed by atoms with van der Waals surface area (Å²) >= 11 is 0. The molecule has 0 atom stereocenters. The predicted octanol–water partition coefficient (Wildman–Crippen LogP) is 5.56. The van der Waals surface area contributed by atoms with Gasteiger partial charge in [0.05, 0.1) is 17.5 Å². The number of fused-ring (bicyclic) bond motifs is 2. The van der Waals surface area contributed by atoms with E-state index in [0.717, 1.165) is 44.4 Å². The number of amides is 1. The highest BCUT2D eigenvalue weighted by Crippen LogP contribution is 2.23. The van der Waals surface area contributed by atoms with Gasteiger partial charge in [0.1, 0.15) is 5.82 Å². The molecule has 1 heterocycles. The van der Waals surface area contributed by atoms with E-state index < -0.39 is 0 Å². The van der Waals surface area contributed by atoms with Gasteiger partial charge in [-0.2, -0.15) is 0 Å². The molecule has 5 rings (SSSR count). The molecule has 0 radical (unpaired) electrons. The fraction of sp³-hybridized carbons (Fsp3) is 0.0400. The summed E-state index contributed by atoms with van der Waals surface area (Å²) in [5, 5.41) is 5.25. The van der Waals surface area contributed by atoms with E-state index >= 15 is 0 Å². The van der Waals surface area contributed by atoms with Gasteiger partial charge in [-0.1, -0.05) is 54.6 Å². The summed E-state index contributed by atoms with van der Waals surface area (Å²) < 4.78 is 0. The number of anilines is 1. The normalized spacial score (nSPS) is 11.0. The van der Waals surface area contributed by atoms with E-state index in [1.54, 1.807) is 0 Å². The van der Waals surface area contributed by atoms with Gasteiger partial charge in [0.25, 0.3) is 0 Å². The van der Waals surface area contributed by atoms with E-state index in [-0.39, 0.29) is 5.91 Å². The molecule has 1 aromatic heterocycles. The summed E-state index contributed by atoms with van der Waals surface area (Å²) in [6.07, 6.45) is 0.340. The summed E-state index contributed by atoms with van der Waals surface area (Å²) in [5.41, 5.74) is 4.73. The van der Waals surface area contributed by atoms with Gasteiger partial charge in [-0.15, -0.1) is 0 Å². The van der Waals surface area contributed by atoms with Crippen molar-refractivity contribution < 1.29 is 4.79 Å². The molecule has 5 aromatic rings. The van der Waals surface area contributed by atoms with E-state index in [9.17, 15) is 4.79 Å². The summed E-state index contributed by atoms with van der Waals surface area (Å²) in [4.78, 5) is 20.5. The van der Waals surface area contributed by atoms with Crippen LogP contribution in [0.2, 0.25) is 0 Å². The standard InChI is InChI=1S/C25H19N3O/c29-24(16-19-8-5-7-17-6-1-2-9-21(17)19)26-20-14-12-18(13-15-20)25-27-22-10-3-4-11-23(22)28-25/h1-15H,16H2,(H,26,29)(H,27,28). The zero-order valence-corrected chi connectivity index (χ0v) is 15.7. The summed E-state index contributed by atoms with van der Waals surface area (Å²) in [7, 11) is 0. The first-order valence-corrected chi connectivity index (χ1v) is 9.58. The Morgan fingerprint density at radius 3 is 2.45 bits per heavy atom. The number of aromatic nitrogens is 2. The molecule has 0 unspecified atom stereocenters. The average Bonchev–Trinajstić information content (AvgIpc) is 3.19. The molecule has 0 aliphatic carbocycles. The Bertz CT molecular complexity index is 1280. The van der Waals surface area contributed by atoms with Gasteiger partial charge >= 0.3 is 0 Å². The second-order valence-corrected chi connectivity index (χ2v) is 7.04. The molecule has 0 bridgehead atoms. The lowest BCUT2D eigenvalue weighted by Crippen LogP contribution is -2.14. The van der Waals surface area contributed by atoms with Crippen molar-refractivity contribution in [3.05, 3.63) is 96.6 Å². The minimum Gasteiger partial charge on any atom is -0.338 e. The van der Waals surface area contributed by atoms with Gasteiger partial charge in [0.15, 0.2) is 0 Å². The van der Waals surface area contributed by atoms with Gasteiger partial charge in [0, 0.05) is 11.3 Å². The minimum atomic E-state index is -0.0298. The maximum absolute atomic E-state index is 12.6. The second-order valence-electron chi connectivity index (χ2n) is 7.04. The average molecular weight is 377 g/mol. The van der Waals surface area contributed by atoms with Crippen molar-refractivity contribution >= 4 is 33.4 Å². The topological polar surface area (TPSA) is 57.8 Å². The van der Waals surface area contributed by atoms with Crippen molar-refractivity contribution in [2.24, 2.45) is 0 Å². The van der Waals surface area contributed by atoms with Gasteiger partial charge in [-0.25, -0.2) is 4.98 Å². The summed E-state index contributed by atoms with van der Waals surface area (Å²) in [5.74, 6) is 0.790. The van der Waals surface area contributed by atoms with E-state index in [1.807, 2.05) is 72.8 Å². The van der Waals surface area contributed by atoms with Gasteiger partial charge < -0.3 is 10.3 Å². The molecule has 4 nitrogen and oxygen atoms in total. The van der Waals surface area contributed by atoms with Crippen molar-refractivity contribution in [2.75, 3.05) is 5.32 Å². The van der Waals surface area contributed by atoms with Crippen molar-refractivity contribution in [2.45, 2.75) is 6.42 Å². The molecule has 4 aromatic carbocycles. The van der Waals surface area contributed by atoms with Crippen LogP contribution in [0.3, 0.4) is 0 Å². The van der Waals surface area contributed by atoms with Crippen molar-refractivity contribution in [3.8, 4) is 11.4 Å². The van der Waals surface area contributed by atoms with Crippen LogP contribution >= 0.6 is 0 Å². The Hall–Kier alpha value is -3.92. The van der Waals surface area contributed by atoms with E-state index in [2.05, 4.69) is 33.5 Å². The molecular weight excluding hydrogens is 358 g/mol. The Balaban J connectivity index is 1.32. The van der Waals surface area contributed by atoms with Gasteiger partial charge in [0.2, 0.25) is 5.91 Å². The first kappa shape index (κ1) is 17.2. The number of nitrogens with one attached hydrogen (secondary N) is 2. The number of para-hydroxylation sites is 2. The Morgan fingerprint density at radius 2 is 1.59 bits per heavy atom. The third-order valence-electron chi connectivity index (χ3n) is 5.06. The lowest BCUT2D eigenvalue weighted by Gasteiger charge is -2.08. The molecule has 2 N–H and O–H groups in total. The Labute approximate surface area is 168 Å². The molecular formula is C25H19N3O. The van der Waals surface area contributed by atoms with Crippen LogP contribution in [0.25, 0.3) is 33.2 Å². The Morgan fingerprint density at radius 1 is 0.828 bits per heavy atom. The number of carbonyl (C=O) groups is 1. The highest BCUT2D eigenvalue weighted by molar-refractivity contribution is 5.96. The number of hydrogen-bond donors (Lipinski definition) is 2. The quantitative estimate of drug-likeness (QED) is 0.430. The lowest BCUT2D eigenvalue weighted by molar-refractivity contribution is -0.115.